The zero-order chi connectivity index (χ0) is 11.5. The lowest BCUT2D eigenvalue weighted by Crippen LogP contribution is -2.13. The van der Waals surface area contributed by atoms with Crippen molar-refractivity contribution in [3.8, 4) is 0 Å². The first-order chi connectivity index (χ1) is 7.68. The summed E-state index contributed by atoms with van der Waals surface area (Å²) in [6.45, 7) is 5.96. The molecule has 1 aromatic heterocycles. The van der Waals surface area contributed by atoms with E-state index in [1.165, 1.54) is 0 Å². The van der Waals surface area contributed by atoms with Gasteiger partial charge in [0.25, 0.3) is 0 Å². The van der Waals surface area contributed by atoms with Gasteiger partial charge in [0.05, 0.1) is 25.0 Å². The number of pyridine rings is 1. The summed E-state index contributed by atoms with van der Waals surface area (Å²) < 4.78 is 11.0. The summed E-state index contributed by atoms with van der Waals surface area (Å²) >= 11 is 0. The molecule has 0 aromatic carbocycles. The molecular formula is C12H18N2O2. The van der Waals surface area contributed by atoms with E-state index >= 15 is 0 Å². The van der Waals surface area contributed by atoms with Crippen LogP contribution in [-0.2, 0) is 16.1 Å². The molecule has 1 fully saturated rings. The van der Waals surface area contributed by atoms with Crippen LogP contribution in [0.4, 0.5) is 5.69 Å². The smallest absolute Gasteiger partial charge is 0.0896 e. The second kappa shape index (κ2) is 4.80. The van der Waals surface area contributed by atoms with Gasteiger partial charge in [-0.2, -0.15) is 0 Å². The minimum Gasteiger partial charge on any atom is -0.398 e. The van der Waals surface area contributed by atoms with Crippen molar-refractivity contribution in [1.29, 1.82) is 0 Å². The Morgan fingerprint density at radius 1 is 1.56 bits per heavy atom. The number of aryl methyl sites for hydroxylation is 1. The van der Waals surface area contributed by atoms with E-state index in [9.17, 15) is 0 Å². The fraction of sp³-hybridized carbons (Fsp3) is 0.583. The lowest BCUT2D eigenvalue weighted by molar-refractivity contribution is 0.0299. The first kappa shape index (κ1) is 11.4. The first-order valence-corrected chi connectivity index (χ1v) is 5.58. The Balaban J connectivity index is 2.01. The molecule has 4 nitrogen and oxygen atoms in total. The number of anilines is 1. The van der Waals surface area contributed by atoms with Crippen LogP contribution in [0.1, 0.15) is 23.2 Å². The molecular weight excluding hydrogens is 204 g/mol. The normalized spacial score (nSPS) is 20.2. The second-order valence-electron chi connectivity index (χ2n) is 4.22. The van der Waals surface area contributed by atoms with Crippen LogP contribution in [0.25, 0.3) is 0 Å². The van der Waals surface area contributed by atoms with Gasteiger partial charge in [-0.05, 0) is 31.4 Å². The molecule has 2 rings (SSSR count). The highest BCUT2D eigenvalue weighted by Gasteiger charge is 2.17. The van der Waals surface area contributed by atoms with E-state index in [1.807, 2.05) is 13.8 Å². The van der Waals surface area contributed by atoms with Gasteiger partial charge in [0.1, 0.15) is 0 Å². The number of hydrogen-bond acceptors (Lipinski definition) is 4. The molecule has 16 heavy (non-hydrogen) atoms. The number of nitrogens with two attached hydrogens (primary N) is 1. The molecule has 0 bridgehead atoms. The third-order valence-electron chi connectivity index (χ3n) is 3.02. The van der Waals surface area contributed by atoms with E-state index in [-0.39, 0.29) is 6.10 Å². The zero-order valence-corrected chi connectivity index (χ0v) is 9.82. The maximum absolute atomic E-state index is 5.95. The van der Waals surface area contributed by atoms with Crippen molar-refractivity contribution >= 4 is 5.69 Å². The Bertz CT molecular complexity index is 374. The fourth-order valence-corrected chi connectivity index (χ4v) is 1.78. The zero-order valence-electron chi connectivity index (χ0n) is 9.82. The molecule has 1 saturated heterocycles. The van der Waals surface area contributed by atoms with Crippen LogP contribution in [0, 0.1) is 13.8 Å². The molecule has 1 aromatic rings. The standard InChI is InChI=1S/C12H18N2O2/c1-8-5-14-11(9(2)12(8)13)7-16-10-3-4-15-6-10/h5,10H,3-4,6-7H2,1-2H3,(H2,13,14). The van der Waals surface area contributed by atoms with Crippen LogP contribution in [0.15, 0.2) is 6.20 Å². The maximum atomic E-state index is 5.95. The summed E-state index contributed by atoms with van der Waals surface area (Å²) in [6, 6.07) is 0. The third kappa shape index (κ3) is 2.33. The van der Waals surface area contributed by atoms with Crippen LogP contribution in [-0.4, -0.2) is 24.3 Å². The Morgan fingerprint density at radius 2 is 2.38 bits per heavy atom. The Hall–Kier alpha value is -1.13. The lowest BCUT2D eigenvalue weighted by atomic mass is 10.1. The van der Waals surface area contributed by atoms with Gasteiger partial charge in [0.15, 0.2) is 0 Å². The third-order valence-corrected chi connectivity index (χ3v) is 3.02. The molecule has 0 spiro atoms. The number of hydrogen-bond donors (Lipinski definition) is 1. The summed E-state index contributed by atoms with van der Waals surface area (Å²) in [5.41, 5.74) is 9.73. The van der Waals surface area contributed by atoms with Crippen LogP contribution in [0.3, 0.4) is 0 Å². The quantitative estimate of drug-likeness (QED) is 0.843. The molecule has 0 aliphatic carbocycles. The predicted octanol–water partition coefficient (Wildman–Crippen LogP) is 1.59. The van der Waals surface area contributed by atoms with E-state index in [0.29, 0.717) is 13.2 Å². The number of rotatable bonds is 3. The first-order valence-electron chi connectivity index (χ1n) is 5.58. The van der Waals surface area contributed by atoms with Gasteiger partial charge in [-0.15, -0.1) is 0 Å². The van der Waals surface area contributed by atoms with Crippen LogP contribution in [0.2, 0.25) is 0 Å². The van der Waals surface area contributed by atoms with Crippen molar-refractivity contribution in [1.82, 2.24) is 4.98 Å². The Labute approximate surface area is 95.8 Å². The van der Waals surface area contributed by atoms with E-state index in [1.54, 1.807) is 6.20 Å². The largest absolute Gasteiger partial charge is 0.398 e. The predicted molar refractivity (Wildman–Crippen MR) is 62.1 cm³/mol. The monoisotopic (exact) mass is 222 g/mol. The van der Waals surface area contributed by atoms with Gasteiger partial charge in [-0.25, -0.2) is 0 Å². The molecule has 1 unspecified atom stereocenters. The number of nitrogens with zero attached hydrogens (tertiary/aromatic N) is 1. The SMILES string of the molecule is Cc1cnc(COC2CCOC2)c(C)c1N. The average molecular weight is 222 g/mol. The Morgan fingerprint density at radius 3 is 3.06 bits per heavy atom. The van der Waals surface area contributed by atoms with E-state index in [2.05, 4.69) is 4.98 Å². The van der Waals surface area contributed by atoms with Crippen molar-refractivity contribution in [2.24, 2.45) is 0 Å². The molecule has 4 heteroatoms. The minimum absolute atomic E-state index is 0.212. The lowest BCUT2D eigenvalue weighted by Gasteiger charge is -2.13. The number of aromatic nitrogens is 1. The van der Waals surface area contributed by atoms with Crippen molar-refractivity contribution in [3.63, 3.8) is 0 Å². The highest BCUT2D eigenvalue weighted by atomic mass is 16.5. The summed E-state index contributed by atoms with van der Waals surface area (Å²) in [7, 11) is 0. The van der Waals surface area contributed by atoms with Crippen LogP contribution < -0.4 is 5.73 Å². The molecule has 1 aliphatic rings. The van der Waals surface area contributed by atoms with E-state index in [4.69, 9.17) is 15.2 Å². The summed E-state index contributed by atoms with van der Waals surface area (Å²) in [6.07, 6.45) is 2.98. The van der Waals surface area contributed by atoms with E-state index < -0.39 is 0 Å². The molecule has 88 valence electrons. The van der Waals surface area contributed by atoms with Crippen LogP contribution in [0.5, 0.6) is 0 Å². The van der Waals surface area contributed by atoms with Gasteiger partial charge in [0.2, 0.25) is 0 Å². The maximum Gasteiger partial charge on any atom is 0.0896 e. The number of ether oxygens (including phenoxy) is 2. The minimum atomic E-state index is 0.212. The number of nitrogen functional groups attached to an aromatic ring is 1. The van der Waals surface area contributed by atoms with Gasteiger partial charge >= 0.3 is 0 Å². The van der Waals surface area contributed by atoms with Gasteiger partial charge in [-0.3, -0.25) is 4.98 Å². The second-order valence-corrected chi connectivity index (χ2v) is 4.22. The highest BCUT2D eigenvalue weighted by molar-refractivity contribution is 5.53. The van der Waals surface area contributed by atoms with Gasteiger partial charge < -0.3 is 15.2 Å². The summed E-state index contributed by atoms with van der Waals surface area (Å²) in [5.74, 6) is 0. The average Bonchev–Trinajstić information content (AvgIpc) is 2.78. The molecule has 1 atom stereocenters. The fourth-order valence-electron chi connectivity index (χ4n) is 1.78. The van der Waals surface area contributed by atoms with Crippen LogP contribution >= 0.6 is 0 Å². The van der Waals surface area contributed by atoms with Crippen molar-refractivity contribution < 1.29 is 9.47 Å². The van der Waals surface area contributed by atoms with Crippen molar-refractivity contribution in [3.05, 3.63) is 23.0 Å². The molecule has 0 radical (unpaired) electrons. The molecule has 1 aliphatic heterocycles. The molecule has 0 saturated carbocycles. The topological polar surface area (TPSA) is 57.4 Å². The highest BCUT2D eigenvalue weighted by Crippen LogP contribution is 2.19. The van der Waals surface area contributed by atoms with Gasteiger partial charge in [-0.1, -0.05) is 0 Å². The molecule has 2 heterocycles. The van der Waals surface area contributed by atoms with E-state index in [0.717, 1.165) is 35.5 Å². The summed E-state index contributed by atoms with van der Waals surface area (Å²) in [5, 5.41) is 0. The van der Waals surface area contributed by atoms with Crippen molar-refractivity contribution in [2.45, 2.75) is 33.0 Å². The van der Waals surface area contributed by atoms with Gasteiger partial charge in [0, 0.05) is 18.5 Å². The summed E-state index contributed by atoms with van der Waals surface area (Å²) in [4.78, 5) is 4.35. The molecule has 2 N–H and O–H groups in total. The molecule has 0 amide bonds. The van der Waals surface area contributed by atoms with Crippen molar-refractivity contribution in [2.75, 3.05) is 18.9 Å². The Kier molecular flexibility index (Phi) is 3.41.